The number of thiazole rings is 1. The highest BCUT2D eigenvalue weighted by Crippen LogP contribution is 2.40. The summed E-state index contributed by atoms with van der Waals surface area (Å²) in [6.07, 6.45) is 2.26. The van der Waals surface area contributed by atoms with E-state index < -0.39 is 5.60 Å². The van der Waals surface area contributed by atoms with Crippen molar-refractivity contribution in [2.45, 2.75) is 51.7 Å². The second kappa shape index (κ2) is 8.73. The Balaban J connectivity index is 0.00000243. The number of halogens is 1. The Morgan fingerprint density at radius 3 is 2.50 bits per heavy atom. The number of piperazine rings is 1. The Kier molecular flexibility index (Phi) is 7.12. The molecule has 2 N–H and O–H groups in total. The van der Waals surface area contributed by atoms with E-state index in [4.69, 9.17) is 10.5 Å². The monoisotopic (exact) mass is 493 g/mol. The number of amides is 1. The van der Waals surface area contributed by atoms with Gasteiger partial charge in [-0.25, -0.2) is 14.8 Å². The predicted octanol–water partition coefficient (Wildman–Crippen LogP) is 3.01. The van der Waals surface area contributed by atoms with Crippen LogP contribution in [0.15, 0.2) is 10.4 Å². The maximum atomic E-state index is 12.1. The first kappa shape index (κ1) is 21.2. The Morgan fingerprint density at radius 1 is 1.31 bits per heavy atom. The van der Waals surface area contributed by atoms with Crippen LogP contribution in [0.2, 0.25) is 0 Å². The number of aromatic nitrogens is 1. The number of nitrogens with two attached hydrogens (primary N) is 1. The maximum Gasteiger partial charge on any atom is 0.410 e. The number of carbonyl (C=O) groups excluding carboxylic acids is 1. The molecular formula is C17H28IN5O2S. The number of guanidine groups is 1. The standard InChI is InChI=1S/C17H27N5O2S.HI/c1-17(2,3)24-16(23)22-8-6-21(7-9-22)15(18)19-10-14-20-13(11-25-14)12-4-5-12;/h11-12H,4-10H2,1-3H3,(H2,18,19);1H. The molecule has 0 bridgehead atoms. The van der Waals surface area contributed by atoms with Gasteiger partial charge in [0.25, 0.3) is 0 Å². The lowest BCUT2D eigenvalue weighted by molar-refractivity contribution is 0.0186. The first-order valence-electron chi connectivity index (χ1n) is 8.79. The van der Waals surface area contributed by atoms with Gasteiger partial charge in [0.2, 0.25) is 0 Å². The van der Waals surface area contributed by atoms with E-state index in [2.05, 4.69) is 15.4 Å². The fourth-order valence-corrected chi connectivity index (χ4v) is 3.46. The highest BCUT2D eigenvalue weighted by atomic mass is 127. The number of ether oxygens (including phenoxy) is 1. The van der Waals surface area contributed by atoms with Crippen LogP contribution >= 0.6 is 35.3 Å². The van der Waals surface area contributed by atoms with Crippen LogP contribution in [0.5, 0.6) is 0 Å². The van der Waals surface area contributed by atoms with E-state index in [0.29, 0.717) is 44.6 Å². The summed E-state index contributed by atoms with van der Waals surface area (Å²) in [7, 11) is 0. The largest absolute Gasteiger partial charge is 0.444 e. The number of hydrogen-bond donors (Lipinski definition) is 1. The number of rotatable bonds is 3. The second-order valence-electron chi connectivity index (χ2n) is 7.57. The third kappa shape index (κ3) is 5.97. The summed E-state index contributed by atoms with van der Waals surface area (Å²) in [4.78, 5) is 24.9. The van der Waals surface area contributed by atoms with Crippen LogP contribution in [0.25, 0.3) is 0 Å². The molecule has 1 saturated carbocycles. The Hall–Kier alpha value is -1.10. The van der Waals surface area contributed by atoms with Crippen molar-refractivity contribution in [1.82, 2.24) is 14.8 Å². The SMILES string of the molecule is CC(C)(C)OC(=O)N1CCN(C(N)=NCc2nc(C3CC3)cs2)CC1.I. The first-order valence-corrected chi connectivity index (χ1v) is 9.67. The molecule has 3 rings (SSSR count). The summed E-state index contributed by atoms with van der Waals surface area (Å²) in [6.45, 7) is 8.66. The van der Waals surface area contributed by atoms with Crippen molar-refractivity contribution < 1.29 is 9.53 Å². The van der Waals surface area contributed by atoms with Crippen LogP contribution in [-0.2, 0) is 11.3 Å². The fraction of sp³-hybridized carbons (Fsp3) is 0.706. The molecule has 1 aromatic heterocycles. The lowest BCUT2D eigenvalue weighted by Gasteiger charge is -2.36. The van der Waals surface area contributed by atoms with Crippen LogP contribution in [0.3, 0.4) is 0 Å². The fourth-order valence-electron chi connectivity index (χ4n) is 2.66. The molecule has 0 spiro atoms. The molecule has 7 nitrogen and oxygen atoms in total. The summed E-state index contributed by atoms with van der Waals surface area (Å²) in [5.74, 6) is 1.19. The average molecular weight is 493 g/mol. The molecule has 9 heteroatoms. The van der Waals surface area contributed by atoms with Gasteiger partial charge in [-0.05, 0) is 33.6 Å². The Bertz CT molecular complexity index is 646. The zero-order valence-corrected chi connectivity index (χ0v) is 18.8. The predicted molar refractivity (Wildman–Crippen MR) is 114 cm³/mol. The summed E-state index contributed by atoms with van der Waals surface area (Å²) in [5, 5.41) is 3.15. The van der Waals surface area contributed by atoms with E-state index in [1.54, 1.807) is 16.2 Å². The number of hydrogen-bond acceptors (Lipinski definition) is 5. The molecule has 146 valence electrons. The molecule has 0 atom stereocenters. The molecule has 1 amide bonds. The zero-order chi connectivity index (χ0) is 18.0. The van der Waals surface area contributed by atoms with E-state index in [1.807, 2.05) is 25.7 Å². The molecule has 26 heavy (non-hydrogen) atoms. The van der Waals surface area contributed by atoms with Crippen LogP contribution in [-0.4, -0.2) is 58.6 Å². The molecule has 1 saturated heterocycles. The van der Waals surface area contributed by atoms with Gasteiger partial charge in [0.1, 0.15) is 10.6 Å². The topological polar surface area (TPSA) is 84.0 Å². The molecule has 0 aromatic carbocycles. The van der Waals surface area contributed by atoms with E-state index in [1.165, 1.54) is 18.5 Å². The minimum atomic E-state index is -0.471. The average Bonchev–Trinajstić information content (AvgIpc) is 3.30. The van der Waals surface area contributed by atoms with E-state index >= 15 is 0 Å². The number of aliphatic imine (C=N–C) groups is 1. The van der Waals surface area contributed by atoms with Gasteiger partial charge in [0.05, 0.1) is 12.2 Å². The highest BCUT2D eigenvalue weighted by Gasteiger charge is 2.27. The smallest absolute Gasteiger partial charge is 0.410 e. The van der Waals surface area contributed by atoms with E-state index in [0.717, 1.165) is 5.01 Å². The molecule has 1 aliphatic carbocycles. The van der Waals surface area contributed by atoms with Gasteiger partial charge in [-0.15, -0.1) is 35.3 Å². The van der Waals surface area contributed by atoms with E-state index in [9.17, 15) is 4.79 Å². The summed E-state index contributed by atoms with van der Waals surface area (Å²) < 4.78 is 5.41. The van der Waals surface area contributed by atoms with Crippen molar-refractivity contribution >= 4 is 47.4 Å². The van der Waals surface area contributed by atoms with Gasteiger partial charge in [0, 0.05) is 37.5 Å². The molecular weight excluding hydrogens is 465 g/mol. The number of carbonyl (C=O) groups is 1. The quantitative estimate of drug-likeness (QED) is 0.398. The van der Waals surface area contributed by atoms with Crippen molar-refractivity contribution in [3.8, 4) is 0 Å². The van der Waals surface area contributed by atoms with Crippen molar-refractivity contribution in [2.24, 2.45) is 10.7 Å². The van der Waals surface area contributed by atoms with Gasteiger partial charge in [-0.1, -0.05) is 0 Å². The van der Waals surface area contributed by atoms with Crippen LogP contribution < -0.4 is 5.73 Å². The highest BCUT2D eigenvalue weighted by molar-refractivity contribution is 14.0. The molecule has 1 aliphatic heterocycles. The van der Waals surface area contributed by atoms with Gasteiger partial charge in [-0.2, -0.15) is 0 Å². The van der Waals surface area contributed by atoms with Crippen molar-refractivity contribution in [3.63, 3.8) is 0 Å². The second-order valence-corrected chi connectivity index (χ2v) is 8.51. The summed E-state index contributed by atoms with van der Waals surface area (Å²) in [5.41, 5.74) is 6.85. The van der Waals surface area contributed by atoms with Gasteiger partial charge in [0.15, 0.2) is 5.96 Å². The first-order chi connectivity index (χ1) is 11.8. The third-order valence-corrected chi connectivity index (χ3v) is 5.05. The van der Waals surface area contributed by atoms with Gasteiger partial charge in [-0.3, -0.25) is 0 Å². The molecule has 0 unspecified atom stereocenters. The van der Waals surface area contributed by atoms with Crippen molar-refractivity contribution in [2.75, 3.05) is 26.2 Å². The molecule has 2 heterocycles. The lowest BCUT2D eigenvalue weighted by Crippen LogP contribution is -2.53. The number of nitrogens with zero attached hydrogens (tertiary/aromatic N) is 4. The van der Waals surface area contributed by atoms with Crippen molar-refractivity contribution in [3.05, 3.63) is 16.1 Å². The van der Waals surface area contributed by atoms with Crippen LogP contribution in [0.4, 0.5) is 4.79 Å². The van der Waals surface area contributed by atoms with Gasteiger partial charge < -0.3 is 20.3 Å². The lowest BCUT2D eigenvalue weighted by atomic mass is 10.2. The van der Waals surface area contributed by atoms with Gasteiger partial charge >= 0.3 is 6.09 Å². The molecule has 0 radical (unpaired) electrons. The normalized spacial score (nSPS) is 18.5. The minimum absolute atomic E-state index is 0. The Morgan fingerprint density at radius 2 is 1.92 bits per heavy atom. The van der Waals surface area contributed by atoms with E-state index in [-0.39, 0.29) is 30.1 Å². The summed E-state index contributed by atoms with van der Waals surface area (Å²) >= 11 is 1.65. The third-order valence-electron chi connectivity index (χ3n) is 4.20. The molecule has 2 fully saturated rings. The zero-order valence-electron chi connectivity index (χ0n) is 15.6. The van der Waals surface area contributed by atoms with Crippen LogP contribution in [0, 0.1) is 0 Å². The maximum absolute atomic E-state index is 12.1. The summed E-state index contributed by atoms with van der Waals surface area (Å²) in [6, 6.07) is 0. The molecule has 2 aliphatic rings. The van der Waals surface area contributed by atoms with Crippen LogP contribution in [0.1, 0.15) is 50.2 Å². The Labute approximate surface area is 176 Å². The molecule has 1 aromatic rings. The minimum Gasteiger partial charge on any atom is -0.444 e. The van der Waals surface area contributed by atoms with Crippen molar-refractivity contribution in [1.29, 1.82) is 0 Å².